The average molecular weight is 342 g/mol. The van der Waals surface area contributed by atoms with Crippen molar-refractivity contribution in [3.8, 4) is 5.75 Å². The number of benzene rings is 1. The molecule has 0 fully saturated rings. The zero-order valence-corrected chi connectivity index (χ0v) is 14.2. The number of aromatic hydroxyl groups is 1. The summed E-state index contributed by atoms with van der Waals surface area (Å²) in [4.78, 5) is 0.185. The standard InChI is InChI=1S/C13H18N4O3S2/c1-9(21-13-14-15-16-17(13)3)7-8-22(19,20)12-6-4-5-11(18)10(12)2/h4-6,9,18H,7-8H2,1-3H3. The lowest BCUT2D eigenvalue weighted by molar-refractivity contribution is 0.468. The molecule has 1 unspecified atom stereocenters. The Labute approximate surface area is 133 Å². The Hall–Kier alpha value is -1.61. The molecule has 2 aromatic rings. The third-order valence-corrected chi connectivity index (χ3v) is 6.35. The van der Waals surface area contributed by atoms with Crippen molar-refractivity contribution in [2.24, 2.45) is 7.05 Å². The van der Waals surface area contributed by atoms with Crippen LogP contribution in [0.3, 0.4) is 0 Å². The maximum absolute atomic E-state index is 12.4. The van der Waals surface area contributed by atoms with Crippen molar-refractivity contribution in [1.82, 2.24) is 20.2 Å². The number of phenols is 1. The molecule has 1 aromatic heterocycles. The second kappa shape index (κ2) is 6.66. The molecule has 0 aliphatic rings. The van der Waals surface area contributed by atoms with Gasteiger partial charge in [0.15, 0.2) is 9.84 Å². The normalized spacial score (nSPS) is 13.2. The number of hydrogen-bond donors (Lipinski definition) is 1. The molecule has 0 bridgehead atoms. The van der Waals surface area contributed by atoms with Crippen molar-refractivity contribution in [2.45, 2.75) is 35.6 Å². The van der Waals surface area contributed by atoms with Crippen molar-refractivity contribution >= 4 is 21.6 Å². The fourth-order valence-corrected chi connectivity index (χ4v) is 4.69. The topological polar surface area (TPSA) is 98.0 Å². The lowest BCUT2D eigenvalue weighted by Crippen LogP contribution is -2.13. The van der Waals surface area contributed by atoms with Gasteiger partial charge in [-0.05, 0) is 35.9 Å². The zero-order valence-electron chi connectivity index (χ0n) is 12.6. The van der Waals surface area contributed by atoms with Gasteiger partial charge in [0, 0.05) is 17.9 Å². The molecule has 1 aromatic carbocycles. The minimum Gasteiger partial charge on any atom is -0.508 e. The first kappa shape index (κ1) is 16.8. The molecule has 22 heavy (non-hydrogen) atoms. The Morgan fingerprint density at radius 2 is 2.14 bits per heavy atom. The van der Waals surface area contributed by atoms with Crippen LogP contribution in [0.4, 0.5) is 0 Å². The molecular weight excluding hydrogens is 324 g/mol. The van der Waals surface area contributed by atoms with Crippen molar-refractivity contribution in [3.63, 3.8) is 0 Å². The van der Waals surface area contributed by atoms with Crippen LogP contribution in [0.5, 0.6) is 5.75 Å². The molecule has 1 atom stereocenters. The first-order valence-electron chi connectivity index (χ1n) is 6.71. The summed E-state index contributed by atoms with van der Waals surface area (Å²) in [5.74, 6) is 0.00478. The molecule has 120 valence electrons. The van der Waals surface area contributed by atoms with Gasteiger partial charge in [0.05, 0.1) is 10.6 Å². The highest BCUT2D eigenvalue weighted by molar-refractivity contribution is 7.99. The maximum atomic E-state index is 12.4. The van der Waals surface area contributed by atoms with Crippen LogP contribution in [0.25, 0.3) is 0 Å². The minimum atomic E-state index is -3.43. The second-order valence-electron chi connectivity index (χ2n) is 5.02. The van der Waals surface area contributed by atoms with Crippen LogP contribution in [0.2, 0.25) is 0 Å². The zero-order chi connectivity index (χ0) is 16.3. The highest BCUT2D eigenvalue weighted by Gasteiger charge is 2.20. The third kappa shape index (κ3) is 3.77. The maximum Gasteiger partial charge on any atom is 0.209 e. The Bertz CT molecular complexity index is 758. The van der Waals surface area contributed by atoms with Gasteiger partial charge in [-0.1, -0.05) is 24.8 Å². The monoisotopic (exact) mass is 342 g/mol. The van der Waals surface area contributed by atoms with E-state index in [9.17, 15) is 13.5 Å². The molecule has 2 rings (SSSR count). The lowest BCUT2D eigenvalue weighted by Gasteiger charge is -2.12. The van der Waals surface area contributed by atoms with Crippen molar-refractivity contribution in [1.29, 1.82) is 0 Å². The van der Waals surface area contributed by atoms with Gasteiger partial charge in [0.25, 0.3) is 0 Å². The van der Waals surface area contributed by atoms with Gasteiger partial charge in [-0.25, -0.2) is 13.1 Å². The summed E-state index contributed by atoms with van der Waals surface area (Å²) in [7, 11) is -1.69. The molecule has 0 aliphatic carbocycles. The Balaban J connectivity index is 2.03. The predicted molar refractivity (Wildman–Crippen MR) is 83.6 cm³/mol. The number of aryl methyl sites for hydroxylation is 1. The SMILES string of the molecule is Cc1c(O)cccc1S(=O)(=O)CCC(C)Sc1nnnn1C. The Morgan fingerprint density at radius 1 is 1.41 bits per heavy atom. The van der Waals surface area contributed by atoms with Gasteiger partial charge in [-0.15, -0.1) is 5.10 Å². The van der Waals surface area contributed by atoms with E-state index in [1.54, 1.807) is 24.7 Å². The minimum absolute atomic E-state index is 0.00587. The molecule has 0 saturated heterocycles. The van der Waals surface area contributed by atoms with E-state index in [1.807, 2.05) is 6.92 Å². The first-order valence-corrected chi connectivity index (χ1v) is 9.25. The molecule has 0 spiro atoms. The summed E-state index contributed by atoms with van der Waals surface area (Å²) in [5, 5.41) is 21.5. The highest BCUT2D eigenvalue weighted by Crippen LogP contribution is 2.27. The first-order chi connectivity index (χ1) is 10.3. The van der Waals surface area contributed by atoms with E-state index in [-0.39, 0.29) is 21.6 Å². The van der Waals surface area contributed by atoms with E-state index in [0.29, 0.717) is 17.1 Å². The number of phenolic OH excluding ortho intramolecular Hbond substituents is 1. The van der Waals surface area contributed by atoms with E-state index < -0.39 is 9.84 Å². The summed E-state index contributed by atoms with van der Waals surface area (Å²) in [6.07, 6.45) is 0.467. The van der Waals surface area contributed by atoms with Crippen LogP contribution in [0.15, 0.2) is 28.3 Å². The molecule has 0 radical (unpaired) electrons. The van der Waals surface area contributed by atoms with Gasteiger partial charge in [0.1, 0.15) is 5.75 Å². The predicted octanol–water partition coefficient (Wildman–Crippen LogP) is 1.57. The number of rotatable bonds is 6. The number of sulfone groups is 1. The van der Waals surface area contributed by atoms with Gasteiger partial charge in [-0.2, -0.15) is 0 Å². The highest BCUT2D eigenvalue weighted by atomic mass is 32.2. The number of tetrazole rings is 1. The molecule has 1 N–H and O–H groups in total. The third-order valence-electron chi connectivity index (χ3n) is 3.27. The summed E-state index contributed by atoms with van der Waals surface area (Å²) >= 11 is 1.43. The van der Waals surface area contributed by atoms with Crippen LogP contribution in [0, 0.1) is 6.92 Å². The molecule has 0 saturated carbocycles. The fraction of sp³-hybridized carbons (Fsp3) is 0.462. The van der Waals surface area contributed by atoms with Crippen molar-refractivity contribution in [3.05, 3.63) is 23.8 Å². The van der Waals surface area contributed by atoms with E-state index in [4.69, 9.17) is 0 Å². The number of thioether (sulfide) groups is 1. The van der Waals surface area contributed by atoms with Crippen LogP contribution >= 0.6 is 11.8 Å². The van der Waals surface area contributed by atoms with Gasteiger partial charge < -0.3 is 5.11 Å². The van der Waals surface area contributed by atoms with Gasteiger partial charge in [-0.3, -0.25) is 0 Å². The van der Waals surface area contributed by atoms with E-state index in [2.05, 4.69) is 15.5 Å². The Kier molecular flexibility index (Phi) is 5.07. The molecule has 9 heteroatoms. The lowest BCUT2D eigenvalue weighted by atomic mass is 10.2. The van der Waals surface area contributed by atoms with Crippen molar-refractivity contribution < 1.29 is 13.5 Å². The van der Waals surface area contributed by atoms with Crippen LogP contribution in [0.1, 0.15) is 18.9 Å². The number of hydrogen-bond acceptors (Lipinski definition) is 7. The quantitative estimate of drug-likeness (QED) is 0.796. The fourth-order valence-electron chi connectivity index (χ4n) is 1.93. The average Bonchev–Trinajstić information content (AvgIpc) is 2.85. The number of nitrogens with zero attached hydrogens (tertiary/aromatic N) is 4. The molecule has 0 aliphatic heterocycles. The Morgan fingerprint density at radius 3 is 2.77 bits per heavy atom. The molecule has 1 heterocycles. The smallest absolute Gasteiger partial charge is 0.209 e. The number of aromatic nitrogens is 4. The molecule has 0 amide bonds. The second-order valence-corrected chi connectivity index (χ2v) is 8.50. The summed E-state index contributed by atoms with van der Waals surface area (Å²) < 4.78 is 26.4. The largest absolute Gasteiger partial charge is 0.508 e. The van der Waals surface area contributed by atoms with Crippen molar-refractivity contribution in [2.75, 3.05) is 5.75 Å². The molecular formula is C13H18N4O3S2. The van der Waals surface area contributed by atoms with Crippen LogP contribution < -0.4 is 0 Å². The summed E-state index contributed by atoms with van der Waals surface area (Å²) in [6, 6.07) is 4.54. The van der Waals surface area contributed by atoms with Gasteiger partial charge in [0.2, 0.25) is 5.16 Å². The van der Waals surface area contributed by atoms with Crippen LogP contribution in [-0.4, -0.2) is 44.7 Å². The van der Waals surface area contributed by atoms with E-state index in [0.717, 1.165) is 0 Å². The van der Waals surface area contributed by atoms with Crippen LogP contribution in [-0.2, 0) is 16.9 Å². The van der Waals surface area contributed by atoms with E-state index >= 15 is 0 Å². The summed E-state index contributed by atoms with van der Waals surface area (Å²) in [6.45, 7) is 3.54. The van der Waals surface area contributed by atoms with Gasteiger partial charge >= 0.3 is 0 Å². The van der Waals surface area contributed by atoms with E-state index in [1.165, 1.54) is 23.9 Å². The molecule has 7 nitrogen and oxygen atoms in total. The summed E-state index contributed by atoms with van der Waals surface area (Å²) in [5.41, 5.74) is 0.389.